The van der Waals surface area contributed by atoms with Crippen LogP contribution in [0.5, 0.6) is 0 Å². The van der Waals surface area contributed by atoms with Crippen molar-refractivity contribution in [1.82, 2.24) is 14.8 Å². The van der Waals surface area contributed by atoms with Crippen molar-refractivity contribution in [2.24, 2.45) is 0 Å². The van der Waals surface area contributed by atoms with Gasteiger partial charge in [0.2, 0.25) is 0 Å². The Bertz CT molecular complexity index is 748. The van der Waals surface area contributed by atoms with Crippen LogP contribution < -0.4 is 0 Å². The Morgan fingerprint density at radius 1 is 1.38 bits per heavy atom. The number of pyridine rings is 1. The number of esters is 1. The van der Waals surface area contributed by atoms with Gasteiger partial charge in [-0.3, -0.25) is 0 Å². The maximum atomic E-state index is 12.1. The quantitative estimate of drug-likeness (QED) is 0.737. The van der Waals surface area contributed by atoms with Crippen LogP contribution in [0.1, 0.15) is 81.0 Å². The van der Waals surface area contributed by atoms with E-state index in [1.165, 1.54) is 19.3 Å². The van der Waals surface area contributed by atoms with Crippen molar-refractivity contribution in [1.29, 1.82) is 0 Å². The summed E-state index contributed by atoms with van der Waals surface area (Å²) >= 11 is 6.51. The molecule has 1 fully saturated rings. The maximum Gasteiger partial charge on any atom is 0.357 e. The molecule has 5 nitrogen and oxygen atoms in total. The minimum Gasteiger partial charge on any atom is -0.461 e. The van der Waals surface area contributed by atoms with Crippen LogP contribution in [0.2, 0.25) is 5.02 Å². The average molecular weight is 350 g/mol. The SMILES string of the molecule is CCOC(=O)c1cc(Cl)c2c(C(C)C)nn(C3CCCCC3)c2n1. The lowest BCUT2D eigenvalue weighted by molar-refractivity contribution is 0.0520. The summed E-state index contributed by atoms with van der Waals surface area (Å²) in [5.74, 6) is -0.200. The summed E-state index contributed by atoms with van der Waals surface area (Å²) in [5, 5.41) is 6.23. The molecule has 1 aliphatic carbocycles. The van der Waals surface area contributed by atoms with Crippen LogP contribution in [0.4, 0.5) is 0 Å². The third-order valence-corrected chi connectivity index (χ3v) is 4.89. The van der Waals surface area contributed by atoms with E-state index < -0.39 is 5.97 Å². The van der Waals surface area contributed by atoms with Gasteiger partial charge in [0.05, 0.1) is 28.8 Å². The molecule has 0 unspecified atom stereocenters. The first-order chi connectivity index (χ1) is 11.5. The lowest BCUT2D eigenvalue weighted by atomic mass is 9.96. The van der Waals surface area contributed by atoms with Gasteiger partial charge >= 0.3 is 5.97 Å². The zero-order chi connectivity index (χ0) is 17.3. The highest BCUT2D eigenvalue weighted by Gasteiger charge is 2.25. The Hall–Kier alpha value is -1.62. The fraction of sp³-hybridized carbons (Fsp3) is 0.611. The minimum absolute atomic E-state index is 0.241. The van der Waals surface area contributed by atoms with Gasteiger partial charge < -0.3 is 4.74 Å². The Balaban J connectivity index is 2.17. The smallest absolute Gasteiger partial charge is 0.357 e. The Kier molecular flexibility index (Phi) is 5.09. The van der Waals surface area contributed by atoms with Crippen LogP contribution in [-0.4, -0.2) is 27.3 Å². The Morgan fingerprint density at radius 3 is 2.71 bits per heavy atom. The zero-order valence-electron chi connectivity index (χ0n) is 14.5. The van der Waals surface area contributed by atoms with E-state index in [4.69, 9.17) is 21.4 Å². The number of carbonyl (C=O) groups excluding carboxylic acids is 1. The summed E-state index contributed by atoms with van der Waals surface area (Å²) in [7, 11) is 0. The van der Waals surface area contributed by atoms with Gasteiger partial charge in [-0.05, 0) is 31.7 Å². The minimum atomic E-state index is -0.441. The van der Waals surface area contributed by atoms with Crippen molar-refractivity contribution < 1.29 is 9.53 Å². The molecule has 130 valence electrons. The van der Waals surface area contributed by atoms with E-state index in [-0.39, 0.29) is 11.6 Å². The average Bonchev–Trinajstić information content (AvgIpc) is 2.96. The fourth-order valence-electron chi connectivity index (χ4n) is 3.41. The molecule has 0 N–H and O–H groups in total. The van der Waals surface area contributed by atoms with Crippen LogP contribution in [0.15, 0.2) is 6.07 Å². The monoisotopic (exact) mass is 349 g/mol. The molecule has 0 aliphatic heterocycles. The maximum absolute atomic E-state index is 12.1. The summed E-state index contributed by atoms with van der Waals surface area (Å²) in [6, 6.07) is 1.93. The first kappa shape index (κ1) is 17.2. The number of hydrogen-bond donors (Lipinski definition) is 0. The highest BCUT2D eigenvalue weighted by molar-refractivity contribution is 6.35. The summed E-state index contributed by atoms with van der Waals surface area (Å²) < 4.78 is 7.08. The molecule has 2 aromatic rings. The molecular formula is C18H24ClN3O2. The van der Waals surface area contributed by atoms with E-state index in [0.717, 1.165) is 23.9 Å². The van der Waals surface area contributed by atoms with Crippen LogP contribution >= 0.6 is 11.6 Å². The molecule has 0 aromatic carbocycles. The standard InChI is InChI=1S/C18H24ClN3O2/c1-4-24-18(23)14-10-13(19)15-16(11(2)3)21-22(17(15)20-14)12-8-6-5-7-9-12/h10-12H,4-9H2,1-3H3. The van der Waals surface area contributed by atoms with Crippen molar-refractivity contribution in [2.75, 3.05) is 6.61 Å². The molecule has 0 spiro atoms. The van der Waals surface area contributed by atoms with Gasteiger partial charge in [-0.2, -0.15) is 5.10 Å². The molecule has 6 heteroatoms. The van der Waals surface area contributed by atoms with Crippen molar-refractivity contribution in [3.8, 4) is 0 Å². The molecule has 3 rings (SSSR count). The van der Waals surface area contributed by atoms with Crippen molar-refractivity contribution >= 4 is 28.6 Å². The number of carbonyl (C=O) groups is 1. The molecule has 2 aromatic heterocycles. The molecule has 0 amide bonds. The molecular weight excluding hydrogens is 326 g/mol. The van der Waals surface area contributed by atoms with Crippen molar-refractivity contribution in [2.45, 2.75) is 64.8 Å². The predicted octanol–water partition coefficient (Wildman–Crippen LogP) is 4.89. The lowest BCUT2D eigenvalue weighted by Gasteiger charge is -2.22. The van der Waals surface area contributed by atoms with Gasteiger partial charge in [-0.15, -0.1) is 0 Å². The highest BCUT2D eigenvalue weighted by atomic mass is 35.5. The van der Waals surface area contributed by atoms with Crippen LogP contribution in [0.3, 0.4) is 0 Å². The molecule has 1 saturated carbocycles. The predicted molar refractivity (Wildman–Crippen MR) is 94.7 cm³/mol. The summed E-state index contributed by atoms with van der Waals surface area (Å²) in [4.78, 5) is 16.7. The number of aromatic nitrogens is 3. The molecule has 24 heavy (non-hydrogen) atoms. The van der Waals surface area contributed by atoms with E-state index >= 15 is 0 Å². The number of halogens is 1. The zero-order valence-corrected chi connectivity index (χ0v) is 15.3. The third kappa shape index (κ3) is 3.14. The second kappa shape index (κ2) is 7.09. The van der Waals surface area contributed by atoms with Gasteiger partial charge in [0.15, 0.2) is 11.3 Å². The Labute approximate surface area is 147 Å². The van der Waals surface area contributed by atoms with E-state index in [0.29, 0.717) is 23.3 Å². The third-order valence-electron chi connectivity index (χ3n) is 4.59. The molecule has 2 heterocycles. The van der Waals surface area contributed by atoms with Crippen LogP contribution in [-0.2, 0) is 4.74 Å². The topological polar surface area (TPSA) is 57.0 Å². The second-order valence-corrected chi connectivity index (χ2v) is 7.09. The normalized spacial score (nSPS) is 16.0. The summed E-state index contributed by atoms with van der Waals surface area (Å²) in [6.07, 6.45) is 5.87. The highest BCUT2D eigenvalue weighted by Crippen LogP contribution is 2.36. The summed E-state index contributed by atoms with van der Waals surface area (Å²) in [5.41, 5.74) is 1.91. The largest absolute Gasteiger partial charge is 0.461 e. The van der Waals surface area contributed by atoms with E-state index in [1.807, 2.05) is 4.68 Å². The number of fused-ring (bicyclic) bond motifs is 1. The molecule has 0 saturated heterocycles. The van der Waals surface area contributed by atoms with Crippen LogP contribution in [0, 0.1) is 0 Å². The van der Waals surface area contributed by atoms with Gasteiger partial charge in [0.1, 0.15) is 0 Å². The van der Waals surface area contributed by atoms with Crippen LogP contribution in [0.25, 0.3) is 11.0 Å². The first-order valence-corrected chi connectivity index (χ1v) is 9.16. The number of nitrogens with zero attached hydrogens (tertiary/aromatic N) is 3. The molecule has 0 radical (unpaired) electrons. The number of ether oxygens (including phenoxy) is 1. The lowest BCUT2D eigenvalue weighted by Crippen LogP contribution is -2.15. The van der Waals surface area contributed by atoms with Gasteiger partial charge in [0, 0.05) is 0 Å². The second-order valence-electron chi connectivity index (χ2n) is 6.68. The van der Waals surface area contributed by atoms with E-state index in [2.05, 4.69) is 18.8 Å². The molecule has 0 bridgehead atoms. The van der Waals surface area contributed by atoms with Gasteiger partial charge in [-0.1, -0.05) is 44.7 Å². The fourth-order valence-corrected chi connectivity index (χ4v) is 3.70. The van der Waals surface area contributed by atoms with Gasteiger partial charge in [0.25, 0.3) is 0 Å². The first-order valence-electron chi connectivity index (χ1n) is 8.78. The number of hydrogen-bond acceptors (Lipinski definition) is 4. The van der Waals surface area contributed by atoms with E-state index in [9.17, 15) is 4.79 Å². The molecule has 1 aliphatic rings. The number of rotatable bonds is 4. The van der Waals surface area contributed by atoms with Gasteiger partial charge in [-0.25, -0.2) is 14.5 Å². The van der Waals surface area contributed by atoms with E-state index in [1.54, 1.807) is 13.0 Å². The molecule has 0 atom stereocenters. The Morgan fingerprint density at radius 2 is 2.08 bits per heavy atom. The van der Waals surface area contributed by atoms with Crippen molar-refractivity contribution in [3.63, 3.8) is 0 Å². The summed E-state index contributed by atoms with van der Waals surface area (Å²) in [6.45, 7) is 6.29. The van der Waals surface area contributed by atoms with Crippen molar-refractivity contribution in [3.05, 3.63) is 22.5 Å².